The zero-order chi connectivity index (χ0) is 21.8. The molecule has 0 aliphatic rings. The molecule has 0 spiro atoms. The maximum absolute atomic E-state index is 12.7. The number of rotatable bonds is 5. The molecule has 0 aliphatic heterocycles. The average Bonchev–Trinajstić information content (AvgIpc) is 2.69. The van der Waals surface area contributed by atoms with Gasteiger partial charge in [-0.25, -0.2) is 9.78 Å². The zero-order valence-corrected chi connectivity index (χ0v) is 17.6. The molecule has 2 aromatic carbocycles. The van der Waals surface area contributed by atoms with Crippen LogP contribution >= 0.6 is 23.2 Å². The average molecular weight is 446 g/mol. The normalized spacial score (nSPS) is 10.5. The van der Waals surface area contributed by atoms with E-state index in [9.17, 15) is 14.4 Å². The van der Waals surface area contributed by atoms with Crippen molar-refractivity contribution in [2.45, 2.75) is 13.5 Å². The number of aromatic nitrogens is 2. The number of carbonyl (C=O) groups is 2. The lowest BCUT2D eigenvalue weighted by molar-refractivity contribution is -0.116. The Morgan fingerprint density at radius 1 is 1.10 bits per heavy atom. The van der Waals surface area contributed by atoms with E-state index in [-0.39, 0.29) is 17.8 Å². The lowest BCUT2D eigenvalue weighted by Gasteiger charge is -2.14. The SMILES string of the molecule is COC(=O)c1ccc(Cl)cc1NC(=O)Cn1c(-c2cccc(Cl)c2)nc(C)cc1=O. The van der Waals surface area contributed by atoms with Crippen molar-refractivity contribution in [3.8, 4) is 11.4 Å². The van der Waals surface area contributed by atoms with Crippen LogP contribution in [0.25, 0.3) is 11.4 Å². The highest BCUT2D eigenvalue weighted by atomic mass is 35.5. The topological polar surface area (TPSA) is 90.3 Å². The van der Waals surface area contributed by atoms with Gasteiger partial charge in [0.05, 0.1) is 18.4 Å². The predicted molar refractivity (Wildman–Crippen MR) is 115 cm³/mol. The van der Waals surface area contributed by atoms with Crippen LogP contribution in [0.2, 0.25) is 10.0 Å². The van der Waals surface area contributed by atoms with Crippen LogP contribution in [0.5, 0.6) is 0 Å². The van der Waals surface area contributed by atoms with Gasteiger partial charge in [0.2, 0.25) is 5.91 Å². The Labute approximate surface area is 182 Å². The Bertz CT molecular complexity index is 1190. The van der Waals surface area contributed by atoms with Crippen molar-refractivity contribution in [2.75, 3.05) is 12.4 Å². The highest BCUT2D eigenvalue weighted by Crippen LogP contribution is 2.23. The Morgan fingerprint density at radius 3 is 2.53 bits per heavy atom. The van der Waals surface area contributed by atoms with Gasteiger partial charge in [-0.2, -0.15) is 0 Å². The Morgan fingerprint density at radius 2 is 1.83 bits per heavy atom. The number of nitrogens with zero attached hydrogens (tertiary/aromatic N) is 2. The van der Waals surface area contributed by atoms with E-state index >= 15 is 0 Å². The van der Waals surface area contributed by atoms with Gasteiger partial charge >= 0.3 is 5.97 Å². The summed E-state index contributed by atoms with van der Waals surface area (Å²) < 4.78 is 5.96. The van der Waals surface area contributed by atoms with Crippen LogP contribution in [0.1, 0.15) is 16.1 Å². The minimum atomic E-state index is -0.629. The van der Waals surface area contributed by atoms with Crippen LogP contribution in [0.3, 0.4) is 0 Å². The second kappa shape index (κ2) is 9.11. The molecular weight excluding hydrogens is 429 g/mol. The minimum absolute atomic E-state index is 0.139. The molecule has 30 heavy (non-hydrogen) atoms. The molecule has 1 aromatic heterocycles. The number of methoxy groups -OCH3 is 1. The number of aryl methyl sites for hydroxylation is 1. The summed E-state index contributed by atoms with van der Waals surface area (Å²) in [5, 5.41) is 3.41. The fourth-order valence-electron chi connectivity index (χ4n) is 2.86. The maximum Gasteiger partial charge on any atom is 0.339 e. The van der Waals surface area contributed by atoms with Gasteiger partial charge in [0.1, 0.15) is 12.4 Å². The van der Waals surface area contributed by atoms with E-state index < -0.39 is 17.4 Å². The summed E-state index contributed by atoms with van der Waals surface area (Å²) in [5.74, 6) is -0.869. The molecule has 9 heteroatoms. The van der Waals surface area contributed by atoms with Crippen molar-refractivity contribution in [1.82, 2.24) is 9.55 Å². The van der Waals surface area contributed by atoms with Crippen molar-refractivity contribution in [3.63, 3.8) is 0 Å². The van der Waals surface area contributed by atoms with Gasteiger partial charge in [0, 0.05) is 27.4 Å². The fraction of sp³-hybridized carbons (Fsp3) is 0.143. The smallest absolute Gasteiger partial charge is 0.339 e. The number of anilines is 1. The number of ether oxygens (including phenoxy) is 1. The number of amides is 1. The van der Waals surface area contributed by atoms with Gasteiger partial charge in [-0.15, -0.1) is 0 Å². The van der Waals surface area contributed by atoms with Crippen LogP contribution in [0.4, 0.5) is 5.69 Å². The quantitative estimate of drug-likeness (QED) is 0.600. The summed E-state index contributed by atoms with van der Waals surface area (Å²) in [6.45, 7) is 1.36. The van der Waals surface area contributed by atoms with Crippen molar-refractivity contribution in [1.29, 1.82) is 0 Å². The Kier molecular flexibility index (Phi) is 6.54. The van der Waals surface area contributed by atoms with E-state index in [0.29, 0.717) is 27.1 Å². The molecule has 0 radical (unpaired) electrons. The standard InChI is InChI=1S/C21H17Cl2N3O4/c1-12-8-19(28)26(20(24-12)13-4-3-5-14(22)9-13)11-18(27)25-17-10-15(23)6-7-16(17)21(29)30-2/h3-10H,11H2,1-2H3,(H,25,27). The summed E-state index contributed by atoms with van der Waals surface area (Å²) in [6.07, 6.45) is 0. The highest BCUT2D eigenvalue weighted by Gasteiger charge is 2.17. The van der Waals surface area contributed by atoms with E-state index in [0.717, 1.165) is 0 Å². The number of carbonyl (C=O) groups excluding carboxylic acids is 2. The van der Waals surface area contributed by atoms with Crippen molar-refractivity contribution in [2.24, 2.45) is 0 Å². The lowest BCUT2D eigenvalue weighted by atomic mass is 10.1. The molecule has 0 saturated heterocycles. The van der Waals surface area contributed by atoms with Crippen LogP contribution in [-0.4, -0.2) is 28.5 Å². The van der Waals surface area contributed by atoms with Gasteiger partial charge in [-0.1, -0.05) is 35.3 Å². The van der Waals surface area contributed by atoms with Crippen molar-refractivity contribution < 1.29 is 14.3 Å². The number of nitrogens with one attached hydrogen (secondary N) is 1. The number of hydrogen-bond donors (Lipinski definition) is 1. The molecule has 154 valence electrons. The van der Waals surface area contributed by atoms with Gasteiger partial charge in [-0.05, 0) is 37.3 Å². The molecule has 0 atom stereocenters. The molecule has 0 aliphatic carbocycles. The number of halogens is 2. The Hall–Kier alpha value is -3.16. The van der Waals surface area contributed by atoms with E-state index in [2.05, 4.69) is 10.3 Å². The van der Waals surface area contributed by atoms with Crippen LogP contribution < -0.4 is 10.9 Å². The summed E-state index contributed by atoms with van der Waals surface area (Å²) in [4.78, 5) is 41.7. The molecule has 0 saturated carbocycles. The van der Waals surface area contributed by atoms with Gasteiger partial charge in [0.25, 0.3) is 5.56 Å². The number of esters is 1. The molecule has 1 heterocycles. The number of hydrogen-bond acceptors (Lipinski definition) is 5. The van der Waals surface area contributed by atoms with E-state index in [1.165, 1.54) is 35.9 Å². The Balaban J connectivity index is 1.96. The maximum atomic E-state index is 12.7. The third kappa shape index (κ3) is 4.87. The summed E-state index contributed by atoms with van der Waals surface area (Å²) in [6, 6.07) is 12.5. The largest absolute Gasteiger partial charge is 0.465 e. The second-order valence-corrected chi connectivity index (χ2v) is 7.26. The first-order chi connectivity index (χ1) is 14.3. The molecule has 1 N–H and O–H groups in total. The lowest BCUT2D eigenvalue weighted by Crippen LogP contribution is -2.30. The zero-order valence-electron chi connectivity index (χ0n) is 16.1. The van der Waals surface area contributed by atoms with Crippen LogP contribution in [-0.2, 0) is 16.1 Å². The summed E-state index contributed by atoms with van der Waals surface area (Å²) in [5.41, 5.74) is 1.02. The van der Waals surface area contributed by atoms with Crippen LogP contribution in [0.15, 0.2) is 53.3 Å². The molecule has 0 unspecified atom stereocenters. The molecule has 0 fully saturated rings. The first-order valence-electron chi connectivity index (χ1n) is 8.80. The molecule has 0 bridgehead atoms. The van der Waals surface area contributed by atoms with Crippen molar-refractivity contribution in [3.05, 3.63) is 80.2 Å². The highest BCUT2D eigenvalue weighted by molar-refractivity contribution is 6.31. The summed E-state index contributed by atoms with van der Waals surface area (Å²) >= 11 is 12.1. The van der Waals surface area contributed by atoms with E-state index in [1.807, 2.05) is 0 Å². The van der Waals surface area contributed by atoms with Crippen LogP contribution in [0, 0.1) is 6.92 Å². The monoisotopic (exact) mass is 445 g/mol. The molecule has 7 nitrogen and oxygen atoms in total. The van der Waals surface area contributed by atoms with E-state index in [1.54, 1.807) is 31.2 Å². The first kappa shape index (κ1) is 21.5. The molecule has 3 aromatic rings. The number of benzene rings is 2. The molecular formula is C21H17Cl2N3O4. The van der Waals surface area contributed by atoms with E-state index in [4.69, 9.17) is 27.9 Å². The van der Waals surface area contributed by atoms with Gasteiger partial charge in [-0.3, -0.25) is 14.2 Å². The third-order valence-corrected chi connectivity index (χ3v) is 4.65. The van der Waals surface area contributed by atoms with Gasteiger partial charge in [0.15, 0.2) is 0 Å². The van der Waals surface area contributed by atoms with Gasteiger partial charge < -0.3 is 10.1 Å². The summed E-state index contributed by atoms with van der Waals surface area (Å²) in [7, 11) is 1.23. The van der Waals surface area contributed by atoms with Crippen molar-refractivity contribution >= 4 is 40.8 Å². The molecule has 1 amide bonds. The molecule has 3 rings (SSSR count). The second-order valence-electron chi connectivity index (χ2n) is 6.39. The minimum Gasteiger partial charge on any atom is -0.465 e. The first-order valence-corrected chi connectivity index (χ1v) is 9.56. The third-order valence-electron chi connectivity index (χ3n) is 4.18. The fourth-order valence-corrected chi connectivity index (χ4v) is 3.22. The predicted octanol–water partition coefficient (Wildman–Crippen LogP) is 3.95.